The maximum absolute atomic E-state index is 12.1. The van der Waals surface area contributed by atoms with Gasteiger partial charge in [-0.25, -0.2) is 8.42 Å². The number of hydrogen-bond donors (Lipinski definition) is 0. The van der Waals surface area contributed by atoms with Gasteiger partial charge in [-0.3, -0.25) is 9.30 Å². The fraction of sp³-hybridized carbons (Fsp3) is 0.364. The van der Waals surface area contributed by atoms with Gasteiger partial charge in [0.2, 0.25) is 0 Å². The minimum Gasteiger partial charge on any atom is -0.270 e. The highest BCUT2D eigenvalue weighted by molar-refractivity contribution is 7.89. The summed E-state index contributed by atoms with van der Waals surface area (Å²) in [6.07, 6.45) is 1.40. The average molecular weight is 238 g/mol. The molecule has 0 saturated heterocycles. The van der Waals surface area contributed by atoms with Gasteiger partial charge in [0.15, 0.2) is 0 Å². The van der Waals surface area contributed by atoms with Crippen LogP contribution in [0.1, 0.15) is 12.5 Å². The summed E-state index contributed by atoms with van der Waals surface area (Å²) in [5, 5.41) is 0. The Balaban J connectivity index is 2.33. The van der Waals surface area contributed by atoms with Crippen molar-refractivity contribution in [2.75, 3.05) is 6.54 Å². The van der Waals surface area contributed by atoms with E-state index in [1.807, 2.05) is 13.8 Å². The number of hydrogen-bond acceptors (Lipinski definition) is 3. The van der Waals surface area contributed by atoms with E-state index in [1.165, 1.54) is 10.6 Å². The third-order valence-electron chi connectivity index (χ3n) is 2.52. The van der Waals surface area contributed by atoms with Gasteiger partial charge in [-0.1, -0.05) is 17.7 Å². The van der Waals surface area contributed by atoms with Crippen LogP contribution >= 0.6 is 0 Å². The summed E-state index contributed by atoms with van der Waals surface area (Å²) in [6, 6.07) is 6.89. The molecule has 16 heavy (non-hydrogen) atoms. The van der Waals surface area contributed by atoms with Crippen molar-refractivity contribution in [1.82, 2.24) is 4.31 Å². The predicted octanol–water partition coefficient (Wildman–Crippen LogP) is 1.42. The van der Waals surface area contributed by atoms with Gasteiger partial charge in [0, 0.05) is 0 Å². The third-order valence-corrected chi connectivity index (χ3v) is 4.25. The van der Waals surface area contributed by atoms with E-state index in [4.69, 9.17) is 0 Å². The van der Waals surface area contributed by atoms with Crippen LogP contribution < -0.4 is 0 Å². The van der Waals surface area contributed by atoms with Crippen LogP contribution in [0, 0.1) is 6.92 Å². The van der Waals surface area contributed by atoms with E-state index in [0.29, 0.717) is 11.4 Å². The van der Waals surface area contributed by atoms with Crippen LogP contribution in [0.15, 0.2) is 34.2 Å². The van der Waals surface area contributed by atoms with Crippen molar-refractivity contribution in [3.8, 4) is 0 Å². The summed E-state index contributed by atoms with van der Waals surface area (Å²) >= 11 is 0. The highest BCUT2D eigenvalue weighted by Crippen LogP contribution is 2.18. The highest BCUT2D eigenvalue weighted by atomic mass is 32.2. The molecule has 0 radical (unpaired) electrons. The number of aryl methyl sites for hydroxylation is 1. The van der Waals surface area contributed by atoms with Crippen LogP contribution in [0.4, 0.5) is 0 Å². The number of aliphatic imine (C=N–C) groups is 1. The molecular formula is C11H14N2O2S. The van der Waals surface area contributed by atoms with Crippen molar-refractivity contribution in [2.45, 2.75) is 24.8 Å². The molecule has 1 aliphatic heterocycles. The number of nitrogens with zero attached hydrogens (tertiary/aromatic N) is 2. The van der Waals surface area contributed by atoms with E-state index >= 15 is 0 Å². The first-order valence-corrected chi connectivity index (χ1v) is 6.56. The van der Waals surface area contributed by atoms with Crippen molar-refractivity contribution in [2.24, 2.45) is 4.99 Å². The molecule has 4 nitrogen and oxygen atoms in total. The van der Waals surface area contributed by atoms with E-state index in [0.717, 1.165) is 5.56 Å². The number of benzene rings is 1. The standard InChI is InChI=1S/C11H14N2O2S/c1-9-3-5-11(6-4-9)16(14,15)13-7-10(2)12-8-13/h3-6,8,10H,7H2,1-2H3. The zero-order chi connectivity index (χ0) is 11.8. The lowest BCUT2D eigenvalue weighted by Crippen LogP contribution is -2.29. The maximum atomic E-state index is 12.1. The Bertz CT molecular complexity index is 505. The number of sulfonamides is 1. The van der Waals surface area contributed by atoms with Gasteiger partial charge in [0.25, 0.3) is 10.0 Å². The predicted molar refractivity (Wildman–Crippen MR) is 63.0 cm³/mol. The fourth-order valence-corrected chi connectivity index (χ4v) is 2.89. The lowest BCUT2D eigenvalue weighted by molar-refractivity contribution is 0.526. The summed E-state index contributed by atoms with van der Waals surface area (Å²) < 4.78 is 25.5. The van der Waals surface area contributed by atoms with E-state index in [2.05, 4.69) is 4.99 Å². The van der Waals surface area contributed by atoms with Gasteiger partial charge in [-0.2, -0.15) is 0 Å². The molecule has 1 aromatic carbocycles. The Hall–Kier alpha value is -1.36. The van der Waals surface area contributed by atoms with Crippen molar-refractivity contribution in [1.29, 1.82) is 0 Å². The first-order valence-electron chi connectivity index (χ1n) is 5.12. The van der Waals surface area contributed by atoms with Gasteiger partial charge in [0.05, 0.1) is 23.8 Å². The van der Waals surface area contributed by atoms with Gasteiger partial charge in [0.1, 0.15) is 0 Å². The molecule has 0 bridgehead atoms. The minimum absolute atomic E-state index is 0.0419. The lowest BCUT2D eigenvalue weighted by Gasteiger charge is -2.15. The molecule has 0 fully saturated rings. The zero-order valence-electron chi connectivity index (χ0n) is 9.29. The Labute approximate surface area is 95.7 Å². The van der Waals surface area contributed by atoms with Gasteiger partial charge < -0.3 is 0 Å². The maximum Gasteiger partial charge on any atom is 0.265 e. The van der Waals surface area contributed by atoms with E-state index in [1.54, 1.807) is 24.3 Å². The summed E-state index contributed by atoms with van der Waals surface area (Å²) in [7, 11) is -3.40. The summed E-state index contributed by atoms with van der Waals surface area (Å²) in [4.78, 5) is 4.37. The fourth-order valence-electron chi connectivity index (χ4n) is 1.55. The molecule has 0 saturated carbocycles. The second-order valence-corrected chi connectivity index (χ2v) is 5.89. The van der Waals surface area contributed by atoms with Crippen molar-refractivity contribution in [3.63, 3.8) is 0 Å². The Kier molecular flexibility index (Phi) is 2.71. The van der Waals surface area contributed by atoms with Crippen LogP contribution in [-0.2, 0) is 10.0 Å². The van der Waals surface area contributed by atoms with Crippen LogP contribution in [0.2, 0.25) is 0 Å². The molecule has 1 unspecified atom stereocenters. The second kappa shape index (κ2) is 3.90. The molecule has 1 atom stereocenters. The number of rotatable bonds is 2. The monoisotopic (exact) mass is 238 g/mol. The zero-order valence-corrected chi connectivity index (χ0v) is 10.1. The molecule has 2 rings (SSSR count). The molecule has 0 aromatic heterocycles. The first-order chi connectivity index (χ1) is 7.50. The van der Waals surface area contributed by atoms with Gasteiger partial charge in [-0.05, 0) is 26.0 Å². The minimum atomic E-state index is -3.40. The van der Waals surface area contributed by atoms with Gasteiger partial charge in [-0.15, -0.1) is 0 Å². The average Bonchev–Trinajstić information content (AvgIpc) is 2.66. The van der Waals surface area contributed by atoms with Crippen LogP contribution in [0.25, 0.3) is 0 Å². The van der Waals surface area contributed by atoms with E-state index in [-0.39, 0.29) is 6.04 Å². The summed E-state index contributed by atoms with van der Waals surface area (Å²) in [5.41, 5.74) is 1.04. The summed E-state index contributed by atoms with van der Waals surface area (Å²) in [5.74, 6) is 0. The van der Waals surface area contributed by atoms with Crippen LogP contribution in [0.5, 0.6) is 0 Å². The topological polar surface area (TPSA) is 49.7 Å². The molecule has 1 heterocycles. The van der Waals surface area contributed by atoms with Gasteiger partial charge >= 0.3 is 0 Å². The SMILES string of the molecule is Cc1ccc(S(=O)(=O)N2C=NC(C)C2)cc1. The molecule has 0 aliphatic carbocycles. The normalized spacial score (nSPS) is 20.4. The van der Waals surface area contributed by atoms with Crippen molar-refractivity contribution < 1.29 is 8.42 Å². The summed E-state index contributed by atoms with van der Waals surface area (Å²) in [6.45, 7) is 4.24. The Morgan fingerprint density at radius 3 is 2.44 bits per heavy atom. The van der Waals surface area contributed by atoms with Crippen molar-refractivity contribution in [3.05, 3.63) is 29.8 Å². The molecule has 1 aliphatic rings. The molecule has 0 spiro atoms. The Morgan fingerprint density at radius 1 is 1.31 bits per heavy atom. The lowest BCUT2D eigenvalue weighted by atomic mass is 10.2. The molecule has 1 aromatic rings. The van der Waals surface area contributed by atoms with Crippen LogP contribution in [0.3, 0.4) is 0 Å². The molecule has 86 valence electrons. The van der Waals surface area contributed by atoms with E-state index in [9.17, 15) is 8.42 Å². The van der Waals surface area contributed by atoms with Crippen LogP contribution in [-0.4, -0.2) is 31.6 Å². The quantitative estimate of drug-likeness (QED) is 0.782. The van der Waals surface area contributed by atoms with E-state index < -0.39 is 10.0 Å². The smallest absolute Gasteiger partial charge is 0.265 e. The second-order valence-electron chi connectivity index (χ2n) is 4.00. The van der Waals surface area contributed by atoms with Crippen molar-refractivity contribution >= 4 is 16.4 Å². The highest BCUT2D eigenvalue weighted by Gasteiger charge is 2.26. The largest absolute Gasteiger partial charge is 0.270 e. The Morgan fingerprint density at radius 2 is 1.94 bits per heavy atom. The molecule has 5 heteroatoms. The molecule has 0 N–H and O–H groups in total. The first kappa shape index (κ1) is 11.1. The molecule has 0 amide bonds. The molecular weight excluding hydrogens is 224 g/mol. The third kappa shape index (κ3) is 1.95.